The van der Waals surface area contributed by atoms with Crippen molar-refractivity contribution in [3.63, 3.8) is 0 Å². The molecular weight excluding hydrogens is 268 g/mol. The number of hydrogen-bond acceptors (Lipinski definition) is 5. The lowest BCUT2D eigenvalue weighted by molar-refractivity contribution is -0.384. The zero-order chi connectivity index (χ0) is 15.8. The molecule has 0 fully saturated rings. The molecule has 0 saturated carbocycles. The van der Waals surface area contributed by atoms with E-state index in [4.69, 9.17) is 0 Å². The molecule has 0 aromatic heterocycles. The molecule has 1 N–H and O–H groups in total. The number of anilines is 1. The Bertz CT molecular complexity index is 463. The first-order chi connectivity index (χ1) is 9.93. The summed E-state index contributed by atoms with van der Waals surface area (Å²) in [6.07, 6.45) is 1.11. The van der Waals surface area contributed by atoms with Crippen molar-refractivity contribution in [2.45, 2.75) is 19.9 Å². The molecule has 0 radical (unpaired) electrons. The third-order valence-electron chi connectivity index (χ3n) is 3.22. The molecule has 118 valence electrons. The summed E-state index contributed by atoms with van der Waals surface area (Å²) in [6.45, 7) is 5.47. The SMILES string of the molecule is CCNc1cc(CN(C)CCCN(C)C)ccc1[N+](=O)[O-]. The van der Waals surface area contributed by atoms with Gasteiger partial charge in [0.15, 0.2) is 0 Å². The molecule has 0 bridgehead atoms. The van der Waals surface area contributed by atoms with Crippen molar-refractivity contribution >= 4 is 11.4 Å². The van der Waals surface area contributed by atoms with Crippen LogP contribution in [-0.2, 0) is 6.54 Å². The van der Waals surface area contributed by atoms with E-state index in [1.165, 1.54) is 0 Å². The van der Waals surface area contributed by atoms with Crippen molar-refractivity contribution < 1.29 is 4.92 Å². The number of hydrogen-bond donors (Lipinski definition) is 1. The van der Waals surface area contributed by atoms with Gasteiger partial charge < -0.3 is 15.1 Å². The van der Waals surface area contributed by atoms with Gasteiger partial charge >= 0.3 is 0 Å². The molecule has 0 aliphatic heterocycles. The van der Waals surface area contributed by atoms with Crippen molar-refractivity contribution in [1.82, 2.24) is 9.80 Å². The lowest BCUT2D eigenvalue weighted by atomic mass is 10.1. The van der Waals surface area contributed by atoms with Crippen molar-refractivity contribution in [2.75, 3.05) is 46.1 Å². The van der Waals surface area contributed by atoms with Crippen molar-refractivity contribution in [3.05, 3.63) is 33.9 Å². The van der Waals surface area contributed by atoms with Crippen LogP contribution in [-0.4, -0.2) is 55.5 Å². The Morgan fingerprint density at radius 3 is 2.52 bits per heavy atom. The second kappa shape index (κ2) is 8.59. The minimum absolute atomic E-state index is 0.135. The predicted octanol–water partition coefficient (Wildman–Crippen LogP) is 2.41. The lowest BCUT2D eigenvalue weighted by Gasteiger charge is -2.18. The second-order valence-electron chi connectivity index (χ2n) is 5.53. The molecule has 6 heteroatoms. The van der Waals surface area contributed by atoms with Crippen LogP contribution in [0, 0.1) is 10.1 Å². The maximum Gasteiger partial charge on any atom is 0.292 e. The molecule has 6 nitrogen and oxygen atoms in total. The van der Waals surface area contributed by atoms with E-state index >= 15 is 0 Å². The zero-order valence-electron chi connectivity index (χ0n) is 13.4. The molecule has 0 heterocycles. The number of nitrogens with one attached hydrogen (secondary N) is 1. The van der Waals surface area contributed by atoms with E-state index in [1.54, 1.807) is 6.07 Å². The minimum Gasteiger partial charge on any atom is -0.380 e. The highest BCUT2D eigenvalue weighted by Gasteiger charge is 2.14. The normalized spacial score (nSPS) is 11.1. The second-order valence-corrected chi connectivity index (χ2v) is 5.53. The maximum atomic E-state index is 11.0. The van der Waals surface area contributed by atoms with Crippen LogP contribution in [0.4, 0.5) is 11.4 Å². The number of benzene rings is 1. The van der Waals surface area contributed by atoms with Gasteiger partial charge in [0.25, 0.3) is 5.69 Å². The first-order valence-electron chi connectivity index (χ1n) is 7.28. The third-order valence-corrected chi connectivity index (χ3v) is 3.22. The molecular formula is C15H26N4O2. The molecule has 0 atom stereocenters. The molecule has 0 aliphatic rings. The van der Waals surface area contributed by atoms with Gasteiger partial charge in [-0.1, -0.05) is 6.07 Å². The quantitative estimate of drug-likeness (QED) is 0.560. The van der Waals surface area contributed by atoms with Crippen LogP contribution in [0.1, 0.15) is 18.9 Å². The fraction of sp³-hybridized carbons (Fsp3) is 0.600. The average molecular weight is 294 g/mol. The molecule has 1 aromatic rings. The van der Waals surface area contributed by atoms with Crippen molar-refractivity contribution in [2.24, 2.45) is 0 Å². The van der Waals surface area contributed by atoms with E-state index in [0.717, 1.165) is 31.6 Å². The molecule has 1 aromatic carbocycles. The van der Waals surface area contributed by atoms with E-state index in [9.17, 15) is 10.1 Å². The van der Waals surface area contributed by atoms with Gasteiger partial charge in [-0.05, 0) is 59.2 Å². The molecule has 0 aliphatic carbocycles. The monoisotopic (exact) mass is 294 g/mol. The van der Waals surface area contributed by atoms with Crippen LogP contribution < -0.4 is 5.32 Å². The van der Waals surface area contributed by atoms with Crippen LogP contribution in [0.2, 0.25) is 0 Å². The fourth-order valence-corrected chi connectivity index (χ4v) is 2.22. The molecule has 21 heavy (non-hydrogen) atoms. The number of nitro benzene ring substituents is 1. The van der Waals surface area contributed by atoms with Gasteiger partial charge in [0.05, 0.1) is 4.92 Å². The molecule has 0 saturated heterocycles. The summed E-state index contributed by atoms with van der Waals surface area (Å²) < 4.78 is 0. The summed E-state index contributed by atoms with van der Waals surface area (Å²) in [5, 5.41) is 14.0. The van der Waals surface area contributed by atoms with Gasteiger partial charge in [-0.2, -0.15) is 0 Å². The molecule has 1 rings (SSSR count). The fourth-order valence-electron chi connectivity index (χ4n) is 2.22. The summed E-state index contributed by atoms with van der Waals surface area (Å²) >= 11 is 0. The first-order valence-corrected chi connectivity index (χ1v) is 7.28. The van der Waals surface area contributed by atoms with Gasteiger partial charge in [-0.25, -0.2) is 0 Å². The number of rotatable bonds is 9. The van der Waals surface area contributed by atoms with E-state index in [2.05, 4.69) is 36.3 Å². The minimum atomic E-state index is -0.345. The predicted molar refractivity (Wildman–Crippen MR) is 86.8 cm³/mol. The average Bonchev–Trinajstić information content (AvgIpc) is 2.38. The van der Waals surface area contributed by atoms with E-state index in [1.807, 2.05) is 19.1 Å². The Balaban J connectivity index is 2.66. The van der Waals surface area contributed by atoms with E-state index in [-0.39, 0.29) is 10.6 Å². The highest BCUT2D eigenvalue weighted by Crippen LogP contribution is 2.25. The van der Waals surface area contributed by atoms with Gasteiger partial charge in [-0.3, -0.25) is 10.1 Å². The van der Waals surface area contributed by atoms with Gasteiger partial charge in [0.2, 0.25) is 0 Å². The molecule has 0 unspecified atom stereocenters. The first kappa shape index (κ1) is 17.4. The topological polar surface area (TPSA) is 61.6 Å². The van der Waals surface area contributed by atoms with Gasteiger partial charge in [0.1, 0.15) is 5.69 Å². The summed E-state index contributed by atoms with van der Waals surface area (Å²) in [4.78, 5) is 15.0. The molecule has 0 spiro atoms. The van der Waals surface area contributed by atoms with Crippen LogP contribution in [0.15, 0.2) is 18.2 Å². The molecule has 0 amide bonds. The third kappa shape index (κ3) is 6.10. The Labute approximate surface area is 126 Å². The van der Waals surface area contributed by atoms with Crippen molar-refractivity contribution in [3.8, 4) is 0 Å². The van der Waals surface area contributed by atoms with Gasteiger partial charge in [0, 0.05) is 19.2 Å². The Hall–Kier alpha value is -1.66. The smallest absolute Gasteiger partial charge is 0.292 e. The number of nitrogens with zero attached hydrogens (tertiary/aromatic N) is 3. The van der Waals surface area contributed by atoms with Crippen molar-refractivity contribution in [1.29, 1.82) is 0 Å². The van der Waals surface area contributed by atoms with Crippen LogP contribution >= 0.6 is 0 Å². The van der Waals surface area contributed by atoms with E-state index in [0.29, 0.717) is 12.2 Å². The summed E-state index contributed by atoms with van der Waals surface area (Å²) in [6, 6.07) is 5.30. The summed E-state index contributed by atoms with van der Waals surface area (Å²) in [5.74, 6) is 0. The summed E-state index contributed by atoms with van der Waals surface area (Å²) in [7, 11) is 6.21. The highest BCUT2D eigenvalue weighted by atomic mass is 16.6. The summed E-state index contributed by atoms with van der Waals surface area (Å²) in [5.41, 5.74) is 1.82. The maximum absolute atomic E-state index is 11.0. The Kier molecular flexibility index (Phi) is 7.11. The van der Waals surface area contributed by atoms with Crippen LogP contribution in [0.5, 0.6) is 0 Å². The zero-order valence-corrected chi connectivity index (χ0v) is 13.4. The van der Waals surface area contributed by atoms with Gasteiger partial charge in [-0.15, -0.1) is 0 Å². The standard InChI is InChI=1S/C15H26N4O2/c1-5-16-14-11-13(7-8-15(14)19(20)21)12-18(4)10-6-9-17(2)3/h7-8,11,16H,5-6,9-10,12H2,1-4H3. The number of nitro groups is 1. The van der Waals surface area contributed by atoms with E-state index < -0.39 is 0 Å². The van der Waals surface area contributed by atoms with Crippen LogP contribution in [0.25, 0.3) is 0 Å². The highest BCUT2D eigenvalue weighted by molar-refractivity contribution is 5.62. The lowest BCUT2D eigenvalue weighted by Crippen LogP contribution is -2.23. The Morgan fingerprint density at radius 1 is 1.24 bits per heavy atom. The Morgan fingerprint density at radius 2 is 1.95 bits per heavy atom. The van der Waals surface area contributed by atoms with Crippen LogP contribution in [0.3, 0.4) is 0 Å². The largest absolute Gasteiger partial charge is 0.380 e.